The van der Waals surface area contributed by atoms with E-state index in [0.29, 0.717) is 28.2 Å². The van der Waals surface area contributed by atoms with E-state index in [1.165, 1.54) is 12.1 Å². The van der Waals surface area contributed by atoms with Crippen LogP contribution in [0.4, 0.5) is 0 Å². The molecule has 0 fully saturated rings. The molecule has 0 unspecified atom stereocenters. The number of aryl methyl sites for hydroxylation is 1. The summed E-state index contributed by atoms with van der Waals surface area (Å²) >= 11 is 0. The molecule has 0 saturated heterocycles. The van der Waals surface area contributed by atoms with E-state index in [0.717, 1.165) is 5.56 Å². The molecule has 1 N–H and O–H groups in total. The van der Waals surface area contributed by atoms with E-state index in [1.54, 1.807) is 25.3 Å². The topological polar surface area (TPSA) is 106 Å². The summed E-state index contributed by atoms with van der Waals surface area (Å²) in [6, 6.07) is 9.82. The molecule has 3 aromatic rings. The predicted molar refractivity (Wildman–Crippen MR) is 87.7 cm³/mol. The normalized spacial score (nSPS) is 10.4. The number of nitriles is 1. The molecule has 0 aliphatic carbocycles. The van der Waals surface area contributed by atoms with Gasteiger partial charge in [-0.15, -0.1) is 0 Å². The van der Waals surface area contributed by atoms with E-state index in [1.807, 2.05) is 6.92 Å². The maximum absolute atomic E-state index is 11.0. The number of methoxy groups -OCH3 is 1. The van der Waals surface area contributed by atoms with Gasteiger partial charge in [0.05, 0.1) is 18.2 Å². The summed E-state index contributed by atoms with van der Waals surface area (Å²) in [4.78, 5) is 15.2. The number of rotatable bonds is 5. The highest BCUT2D eigenvalue weighted by Gasteiger charge is 2.13. The number of carbonyl (C=O) groups is 1. The average Bonchev–Trinajstić information content (AvgIpc) is 3.02. The molecular weight excluding hydrogens is 324 g/mol. The number of ether oxygens (including phenoxy) is 2. The lowest BCUT2D eigenvalue weighted by Crippen LogP contribution is -1.99. The first-order valence-corrected chi connectivity index (χ1v) is 7.36. The minimum atomic E-state index is -1.04. The molecule has 0 radical (unpaired) electrons. The first-order chi connectivity index (χ1) is 12.0. The highest BCUT2D eigenvalue weighted by molar-refractivity contribution is 5.91. The van der Waals surface area contributed by atoms with Gasteiger partial charge in [-0.3, -0.25) is 0 Å². The van der Waals surface area contributed by atoms with Gasteiger partial charge in [0.15, 0.2) is 12.2 Å². The summed E-state index contributed by atoms with van der Waals surface area (Å²) in [5.41, 5.74) is 2.22. The van der Waals surface area contributed by atoms with Crippen LogP contribution >= 0.6 is 0 Å². The molecule has 0 spiro atoms. The first-order valence-electron chi connectivity index (χ1n) is 7.36. The number of nitrogens with zero attached hydrogens (tertiary/aromatic N) is 2. The van der Waals surface area contributed by atoms with Gasteiger partial charge in [0.1, 0.15) is 23.1 Å². The Morgan fingerprint density at radius 3 is 2.80 bits per heavy atom. The fraction of sp³-hybridized carbons (Fsp3) is 0.167. The second-order valence-electron chi connectivity index (χ2n) is 5.31. The number of oxazole rings is 1. The molecule has 0 atom stereocenters. The Morgan fingerprint density at radius 2 is 2.12 bits per heavy atom. The number of fused-ring (bicyclic) bond motifs is 1. The third-order valence-electron chi connectivity index (χ3n) is 3.65. The molecule has 2 aromatic carbocycles. The minimum absolute atomic E-state index is 0.00200. The third kappa shape index (κ3) is 3.23. The van der Waals surface area contributed by atoms with Crippen LogP contribution in [0.25, 0.3) is 11.1 Å². The lowest BCUT2D eigenvalue weighted by Gasteiger charge is -2.10. The zero-order valence-electron chi connectivity index (χ0n) is 13.6. The molecule has 7 nitrogen and oxygen atoms in total. The summed E-state index contributed by atoms with van der Waals surface area (Å²) in [5.74, 6) is 0.207. The fourth-order valence-electron chi connectivity index (χ4n) is 2.40. The lowest BCUT2D eigenvalue weighted by atomic mass is 10.1. The average molecular weight is 338 g/mol. The Balaban J connectivity index is 1.85. The van der Waals surface area contributed by atoms with Gasteiger partial charge in [0, 0.05) is 6.07 Å². The Morgan fingerprint density at radius 1 is 1.32 bits per heavy atom. The number of hydrogen-bond donors (Lipinski definition) is 1. The molecule has 0 saturated carbocycles. The summed E-state index contributed by atoms with van der Waals surface area (Å²) in [6.45, 7) is 1.84. The predicted octanol–water partition coefficient (Wildman–Crippen LogP) is 3.29. The molecule has 1 heterocycles. The summed E-state index contributed by atoms with van der Waals surface area (Å²) in [5, 5.41) is 18.2. The van der Waals surface area contributed by atoms with Crippen molar-refractivity contribution < 1.29 is 23.8 Å². The second kappa shape index (κ2) is 6.53. The molecule has 3 rings (SSSR count). The van der Waals surface area contributed by atoms with Crippen LogP contribution in [0.15, 0.2) is 34.7 Å². The second-order valence-corrected chi connectivity index (χ2v) is 5.31. The number of aromatic carboxylic acids is 1. The molecule has 0 amide bonds. The van der Waals surface area contributed by atoms with Gasteiger partial charge in [0.25, 0.3) is 0 Å². The number of benzene rings is 2. The Labute approximate surface area is 143 Å². The van der Waals surface area contributed by atoms with Crippen molar-refractivity contribution in [3.8, 4) is 17.6 Å². The Hall–Kier alpha value is -3.53. The Kier molecular flexibility index (Phi) is 4.27. The minimum Gasteiger partial charge on any atom is -0.496 e. The van der Waals surface area contributed by atoms with Crippen molar-refractivity contribution in [1.82, 2.24) is 4.98 Å². The van der Waals surface area contributed by atoms with Crippen molar-refractivity contribution in [2.24, 2.45) is 0 Å². The molecule has 7 heteroatoms. The Bertz CT molecular complexity index is 1000. The summed E-state index contributed by atoms with van der Waals surface area (Å²) in [7, 11) is 1.54. The highest BCUT2D eigenvalue weighted by Crippen LogP contribution is 2.29. The summed E-state index contributed by atoms with van der Waals surface area (Å²) < 4.78 is 16.4. The molecule has 0 aliphatic rings. The maximum atomic E-state index is 11.0. The number of aromatic nitrogens is 1. The van der Waals surface area contributed by atoms with E-state index in [9.17, 15) is 10.1 Å². The largest absolute Gasteiger partial charge is 0.496 e. The van der Waals surface area contributed by atoms with Gasteiger partial charge in [-0.25, -0.2) is 9.78 Å². The van der Waals surface area contributed by atoms with Crippen LogP contribution in [0.3, 0.4) is 0 Å². The molecule has 1 aromatic heterocycles. The molecule has 0 aliphatic heterocycles. The van der Waals surface area contributed by atoms with Crippen LogP contribution < -0.4 is 9.47 Å². The van der Waals surface area contributed by atoms with Crippen molar-refractivity contribution in [3.63, 3.8) is 0 Å². The molecule has 126 valence electrons. The van der Waals surface area contributed by atoms with Crippen LogP contribution in [-0.4, -0.2) is 23.2 Å². The van der Waals surface area contributed by atoms with Crippen LogP contribution in [-0.2, 0) is 6.61 Å². The first kappa shape index (κ1) is 16.3. The fourth-order valence-corrected chi connectivity index (χ4v) is 2.40. The monoisotopic (exact) mass is 338 g/mol. The highest BCUT2D eigenvalue weighted by atomic mass is 16.5. The van der Waals surface area contributed by atoms with Crippen LogP contribution in [0, 0.1) is 18.3 Å². The molecule has 25 heavy (non-hydrogen) atoms. The zero-order chi connectivity index (χ0) is 18.0. The van der Waals surface area contributed by atoms with E-state index < -0.39 is 5.97 Å². The van der Waals surface area contributed by atoms with E-state index in [-0.39, 0.29) is 18.1 Å². The van der Waals surface area contributed by atoms with Crippen LogP contribution in [0.2, 0.25) is 0 Å². The SMILES string of the molecule is COc1cc(OCc2nc3ccc(C(=O)O)cc3o2)c(C#N)cc1C. The van der Waals surface area contributed by atoms with Gasteiger partial charge in [-0.2, -0.15) is 5.26 Å². The van der Waals surface area contributed by atoms with Gasteiger partial charge in [-0.05, 0) is 36.8 Å². The van der Waals surface area contributed by atoms with Crippen molar-refractivity contribution in [2.45, 2.75) is 13.5 Å². The zero-order valence-corrected chi connectivity index (χ0v) is 13.6. The lowest BCUT2D eigenvalue weighted by molar-refractivity contribution is 0.0697. The van der Waals surface area contributed by atoms with Gasteiger partial charge in [-0.1, -0.05) is 0 Å². The smallest absolute Gasteiger partial charge is 0.335 e. The van der Waals surface area contributed by atoms with Crippen LogP contribution in [0.5, 0.6) is 11.5 Å². The number of carboxylic acid groups (broad SMARTS) is 1. The quantitative estimate of drug-likeness (QED) is 0.760. The third-order valence-corrected chi connectivity index (χ3v) is 3.65. The van der Waals surface area contributed by atoms with E-state index in [2.05, 4.69) is 11.1 Å². The van der Waals surface area contributed by atoms with Crippen molar-refractivity contribution in [2.75, 3.05) is 7.11 Å². The van der Waals surface area contributed by atoms with Gasteiger partial charge in [0.2, 0.25) is 5.89 Å². The van der Waals surface area contributed by atoms with E-state index >= 15 is 0 Å². The summed E-state index contributed by atoms with van der Waals surface area (Å²) in [6.07, 6.45) is 0. The van der Waals surface area contributed by atoms with Crippen molar-refractivity contribution >= 4 is 17.1 Å². The van der Waals surface area contributed by atoms with Crippen molar-refractivity contribution in [1.29, 1.82) is 5.26 Å². The van der Waals surface area contributed by atoms with Crippen LogP contribution in [0.1, 0.15) is 27.4 Å². The van der Waals surface area contributed by atoms with Gasteiger partial charge >= 0.3 is 5.97 Å². The van der Waals surface area contributed by atoms with E-state index in [4.69, 9.17) is 19.0 Å². The number of carboxylic acids is 1. The standard InChI is InChI=1S/C18H14N2O5/c1-10-5-12(8-19)15(7-14(10)23-2)24-9-17-20-13-4-3-11(18(21)22)6-16(13)25-17/h3-7H,9H2,1-2H3,(H,21,22). The molecular formula is C18H14N2O5. The van der Waals surface area contributed by atoms with Gasteiger partial charge < -0.3 is 19.0 Å². The molecule has 0 bridgehead atoms. The van der Waals surface area contributed by atoms with Crippen molar-refractivity contribution in [3.05, 3.63) is 52.9 Å². The maximum Gasteiger partial charge on any atom is 0.335 e. The number of hydrogen-bond acceptors (Lipinski definition) is 6.